The van der Waals surface area contributed by atoms with Crippen LogP contribution in [0, 0.1) is 6.92 Å². The van der Waals surface area contributed by atoms with Crippen LogP contribution in [-0.4, -0.2) is 22.9 Å². The van der Waals surface area contributed by atoms with Gasteiger partial charge in [-0.05, 0) is 50.3 Å². The Morgan fingerprint density at radius 1 is 1.50 bits per heavy atom. The fourth-order valence-corrected chi connectivity index (χ4v) is 2.93. The van der Waals surface area contributed by atoms with Gasteiger partial charge in [-0.1, -0.05) is 15.9 Å². The molecule has 0 bridgehead atoms. The van der Waals surface area contributed by atoms with Crippen molar-refractivity contribution in [3.63, 3.8) is 0 Å². The number of aromatic nitrogens is 1. The average Bonchev–Trinajstić information content (AvgIpc) is 2.30. The highest BCUT2D eigenvalue weighted by atomic mass is 79.9. The molecule has 0 aromatic carbocycles. The maximum Gasteiger partial charge on any atom is 0.128 e. The van der Waals surface area contributed by atoms with Gasteiger partial charge in [0.25, 0.3) is 0 Å². The molecule has 0 radical (unpaired) electrons. The van der Waals surface area contributed by atoms with Gasteiger partial charge in [0, 0.05) is 24.1 Å². The average molecular weight is 283 g/mol. The largest absolute Gasteiger partial charge is 0.354 e. The van der Waals surface area contributed by atoms with Crippen LogP contribution >= 0.6 is 15.9 Å². The SMILES string of the molecule is Cc1ccnc(N2CCCCC2CCBr)c1. The molecule has 0 amide bonds. The summed E-state index contributed by atoms with van der Waals surface area (Å²) in [5.74, 6) is 1.16. The second-order valence-corrected chi connectivity index (χ2v) is 5.31. The Labute approximate surface area is 106 Å². The molecule has 1 aliphatic heterocycles. The molecule has 3 heteroatoms. The summed E-state index contributed by atoms with van der Waals surface area (Å²) in [6, 6.07) is 4.93. The molecule has 0 aliphatic carbocycles. The zero-order valence-electron chi connectivity index (χ0n) is 9.82. The molecule has 1 aromatic rings. The molecular weight excluding hydrogens is 264 g/mol. The zero-order valence-corrected chi connectivity index (χ0v) is 11.4. The van der Waals surface area contributed by atoms with E-state index in [1.165, 1.54) is 31.2 Å². The molecule has 1 fully saturated rings. The van der Waals surface area contributed by atoms with Gasteiger partial charge in [0.15, 0.2) is 0 Å². The van der Waals surface area contributed by atoms with E-state index in [9.17, 15) is 0 Å². The van der Waals surface area contributed by atoms with Gasteiger partial charge in [-0.3, -0.25) is 0 Å². The van der Waals surface area contributed by atoms with Gasteiger partial charge in [-0.25, -0.2) is 4.98 Å². The fourth-order valence-electron chi connectivity index (χ4n) is 2.41. The minimum absolute atomic E-state index is 0.669. The van der Waals surface area contributed by atoms with E-state index in [2.05, 4.69) is 44.9 Å². The van der Waals surface area contributed by atoms with Crippen molar-refractivity contribution in [2.75, 3.05) is 16.8 Å². The molecule has 0 N–H and O–H groups in total. The van der Waals surface area contributed by atoms with Crippen molar-refractivity contribution >= 4 is 21.7 Å². The summed E-state index contributed by atoms with van der Waals surface area (Å²) in [6.07, 6.45) is 7.11. The van der Waals surface area contributed by atoms with E-state index in [4.69, 9.17) is 0 Å². The number of piperidine rings is 1. The first-order valence-electron chi connectivity index (χ1n) is 6.06. The van der Waals surface area contributed by atoms with E-state index >= 15 is 0 Å². The Kier molecular flexibility index (Phi) is 4.22. The lowest BCUT2D eigenvalue weighted by atomic mass is 10.00. The number of hydrogen-bond acceptors (Lipinski definition) is 2. The summed E-state index contributed by atoms with van der Waals surface area (Å²) < 4.78 is 0. The van der Waals surface area contributed by atoms with Crippen LogP contribution in [0.2, 0.25) is 0 Å². The molecule has 16 heavy (non-hydrogen) atoms. The molecule has 1 aliphatic rings. The standard InChI is InChI=1S/C13H19BrN2/c1-11-6-8-15-13(10-11)16-9-3-2-4-12(16)5-7-14/h6,8,10,12H,2-5,7,9H2,1H3. The molecule has 1 unspecified atom stereocenters. The zero-order chi connectivity index (χ0) is 11.4. The molecule has 88 valence electrons. The lowest BCUT2D eigenvalue weighted by Crippen LogP contribution is -2.40. The second kappa shape index (κ2) is 5.67. The van der Waals surface area contributed by atoms with Crippen molar-refractivity contribution in [1.82, 2.24) is 4.98 Å². The first kappa shape index (κ1) is 11.9. The van der Waals surface area contributed by atoms with Gasteiger partial charge >= 0.3 is 0 Å². The Bertz CT molecular complexity index is 338. The van der Waals surface area contributed by atoms with Crippen LogP contribution in [0.3, 0.4) is 0 Å². The van der Waals surface area contributed by atoms with Crippen LogP contribution in [0.5, 0.6) is 0 Å². The lowest BCUT2D eigenvalue weighted by molar-refractivity contribution is 0.449. The predicted octanol–water partition coefficient (Wildman–Crippen LogP) is 3.53. The first-order valence-corrected chi connectivity index (χ1v) is 7.18. The predicted molar refractivity (Wildman–Crippen MR) is 72.4 cm³/mol. The highest BCUT2D eigenvalue weighted by molar-refractivity contribution is 9.09. The van der Waals surface area contributed by atoms with Crippen LogP contribution < -0.4 is 4.90 Å². The van der Waals surface area contributed by atoms with E-state index in [1.54, 1.807) is 0 Å². The number of anilines is 1. The maximum atomic E-state index is 4.51. The summed E-state index contributed by atoms with van der Waals surface area (Å²) in [6.45, 7) is 3.29. The molecule has 1 saturated heterocycles. The molecule has 0 saturated carbocycles. The van der Waals surface area contributed by atoms with Crippen LogP contribution in [0.25, 0.3) is 0 Å². The topological polar surface area (TPSA) is 16.1 Å². The van der Waals surface area contributed by atoms with Gasteiger partial charge < -0.3 is 4.90 Å². The molecule has 0 spiro atoms. The summed E-state index contributed by atoms with van der Waals surface area (Å²) in [5.41, 5.74) is 1.30. The number of nitrogens with zero attached hydrogens (tertiary/aromatic N) is 2. The quantitative estimate of drug-likeness (QED) is 0.789. The van der Waals surface area contributed by atoms with Crippen molar-refractivity contribution in [1.29, 1.82) is 0 Å². The van der Waals surface area contributed by atoms with Gasteiger partial charge in [0.2, 0.25) is 0 Å². The number of halogens is 1. The number of hydrogen-bond donors (Lipinski definition) is 0. The Hall–Kier alpha value is -0.570. The second-order valence-electron chi connectivity index (χ2n) is 4.51. The van der Waals surface area contributed by atoms with E-state index in [0.717, 1.165) is 17.7 Å². The Morgan fingerprint density at radius 2 is 2.38 bits per heavy atom. The number of rotatable bonds is 3. The minimum atomic E-state index is 0.669. The van der Waals surface area contributed by atoms with Crippen molar-refractivity contribution in [2.24, 2.45) is 0 Å². The van der Waals surface area contributed by atoms with Crippen LogP contribution in [0.4, 0.5) is 5.82 Å². The van der Waals surface area contributed by atoms with Gasteiger partial charge in [-0.15, -0.1) is 0 Å². The van der Waals surface area contributed by atoms with Crippen molar-refractivity contribution < 1.29 is 0 Å². The monoisotopic (exact) mass is 282 g/mol. The lowest BCUT2D eigenvalue weighted by Gasteiger charge is -2.36. The third kappa shape index (κ3) is 2.76. The highest BCUT2D eigenvalue weighted by Crippen LogP contribution is 2.25. The normalized spacial score (nSPS) is 21.1. The van der Waals surface area contributed by atoms with Crippen LogP contribution in [-0.2, 0) is 0 Å². The van der Waals surface area contributed by atoms with E-state index in [-0.39, 0.29) is 0 Å². The first-order chi connectivity index (χ1) is 7.81. The molecular formula is C13H19BrN2. The minimum Gasteiger partial charge on any atom is -0.354 e. The van der Waals surface area contributed by atoms with Crippen LogP contribution in [0.15, 0.2) is 18.3 Å². The molecule has 1 atom stereocenters. The smallest absolute Gasteiger partial charge is 0.128 e. The fraction of sp³-hybridized carbons (Fsp3) is 0.615. The maximum absolute atomic E-state index is 4.51. The molecule has 1 aromatic heterocycles. The van der Waals surface area contributed by atoms with Gasteiger partial charge in [-0.2, -0.15) is 0 Å². The summed E-state index contributed by atoms with van der Waals surface area (Å²) in [5, 5.41) is 1.08. The third-order valence-electron chi connectivity index (χ3n) is 3.26. The van der Waals surface area contributed by atoms with E-state index < -0.39 is 0 Å². The summed E-state index contributed by atoms with van der Waals surface area (Å²) in [7, 11) is 0. The number of pyridine rings is 1. The number of alkyl halides is 1. The van der Waals surface area contributed by atoms with Crippen molar-refractivity contribution in [3.05, 3.63) is 23.9 Å². The summed E-state index contributed by atoms with van der Waals surface area (Å²) >= 11 is 3.55. The van der Waals surface area contributed by atoms with Crippen molar-refractivity contribution in [3.8, 4) is 0 Å². The molecule has 2 heterocycles. The van der Waals surface area contributed by atoms with Gasteiger partial charge in [0.1, 0.15) is 5.82 Å². The number of aryl methyl sites for hydroxylation is 1. The van der Waals surface area contributed by atoms with Gasteiger partial charge in [0.05, 0.1) is 0 Å². The summed E-state index contributed by atoms with van der Waals surface area (Å²) in [4.78, 5) is 6.99. The third-order valence-corrected chi connectivity index (χ3v) is 3.72. The van der Waals surface area contributed by atoms with Crippen molar-refractivity contribution in [2.45, 2.75) is 38.6 Å². The van der Waals surface area contributed by atoms with Crippen LogP contribution in [0.1, 0.15) is 31.2 Å². The Balaban J connectivity index is 2.16. The molecule has 2 rings (SSSR count). The highest BCUT2D eigenvalue weighted by Gasteiger charge is 2.22. The molecule has 2 nitrogen and oxygen atoms in total. The van der Waals surface area contributed by atoms with E-state index in [1.807, 2.05) is 6.20 Å². The van der Waals surface area contributed by atoms with E-state index in [0.29, 0.717) is 6.04 Å². The Morgan fingerprint density at radius 3 is 3.12 bits per heavy atom.